The van der Waals surface area contributed by atoms with E-state index in [1.54, 1.807) is 17.7 Å². The maximum absolute atomic E-state index is 12.1. The predicted molar refractivity (Wildman–Crippen MR) is 109 cm³/mol. The predicted octanol–water partition coefficient (Wildman–Crippen LogP) is 3.77. The molecule has 0 fully saturated rings. The van der Waals surface area contributed by atoms with E-state index >= 15 is 0 Å². The summed E-state index contributed by atoms with van der Waals surface area (Å²) < 4.78 is 5.26. The van der Waals surface area contributed by atoms with Gasteiger partial charge in [-0.2, -0.15) is 0 Å². The van der Waals surface area contributed by atoms with Crippen molar-refractivity contribution in [3.8, 4) is 0 Å². The monoisotopic (exact) mass is 384 g/mol. The normalized spacial score (nSPS) is 10.9. The lowest BCUT2D eigenvalue weighted by molar-refractivity contribution is 0.0944. The minimum Gasteiger partial charge on any atom is -0.382 e. The number of nitrogens with one attached hydrogen (secondary N) is 2. The van der Waals surface area contributed by atoms with Crippen LogP contribution in [0.25, 0.3) is 10.2 Å². The first-order chi connectivity index (χ1) is 13.2. The lowest BCUT2D eigenvalue weighted by Crippen LogP contribution is -2.25. The molecule has 0 bridgehead atoms. The Hall–Kier alpha value is -2.51. The highest BCUT2D eigenvalue weighted by Gasteiger charge is 2.08. The van der Waals surface area contributed by atoms with Crippen LogP contribution in [0.3, 0.4) is 0 Å². The van der Waals surface area contributed by atoms with Crippen molar-refractivity contribution in [3.05, 3.63) is 52.7 Å². The molecule has 1 aromatic carbocycles. The Morgan fingerprint density at radius 2 is 2.04 bits per heavy atom. The van der Waals surface area contributed by atoms with Gasteiger partial charge in [-0.25, -0.2) is 9.97 Å². The van der Waals surface area contributed by atoms with Crippen LogP contribution in [0.5, 0.6) is 0 Å². The maximum Gasteiger partial charge on any atom is 0.251 e. The third-order valence-corrected chi connectivity index (χ3v) is 5.04. The third kappa shape index (κ3) is 5.24. The van der Waals surface area contributed by atoms with Gasteiger partial charge in [-0.3, -0.25) is 4.79 Å². The van der Waals surface area contributed by atoms with E-state index in [0.717, 1.165) is 28.0 Å². The molecule has 0 spiro atoms. The first-order valence-electron chi connectivity index (χ1n) is 9.07. The standard InChI is InChI=1S/C20H24N4O2S/c1-3-26-10-4-9-21-19(25)16-7-5-15(6-8-16)12-22-18-17-11-14(2)27-20(17)24-13-23-18/h5-8,11,13H,3-4,9-10,12H2,1-2H3,(H,21,25)(H,22,23,24). The van der Waals surface area contributed by atoms with Crippen LogP contribution in [0.1, 0.15) is 34.1 Å². The summed E-state index contributed by atoms with van der Waals surface area (Å²) in [6, 6.07) is 9.71. The van der Waals surface area contributed by atoms with E-state index in [-0.39, 0.29) is 5.91 Å². The summed E-state index contributed by atoms with van der Waals surface area (Å²) in [4.78, 5) is 23.0. The van der Waals surface area contributed by atoms with E-state index in [0.29, 0.717) is 31.9 Å². The molecule has 142 valence electrons. The number of fused-ring (bicyclic) bond motifs is 1. The van der Waals surface area contributed by atoms with Crippen molar-refractivity contribution in [1.29, 1.82) is 0 Å². The number of carbonyl (C=O) groups is 1. The molecule has 7 heteroatoms. The van der Waals surface area contributed by atoms with Gasteiger partial charge in [0.25, 0.3) is 5.91 Å². The van der Waals surface area contributed by atoms with Crippen molar-refractivity contribution in [2.75, 3.05) is 25.1 Å². The number of anilines is 1. The quantitative estimate of drug-likeness (QED) is 0.549. The molecule has 2 heterocycles. The molecular weight excluding hydrogens is 360 g/mol. The molecule has 27 heavy (non-hydrogen) atoms. The average molecular weight is 385 g/mol. The molecule has 2 N–H and O–H groups in total. The van der Waals surface area contributed by atoms with E-state index < -0.39 is 0 Å². The van der Waals surface area contributed by atoms with Crippen molar-refractivity contribution < 1.29 is 9.53 Å². The Balaban J connectivity index is 1.53. The van der Waals surface area contributed by atoms with Crippen LogP contribution in [0, 0.1) is 6.92 Å². The summed E-state index contributed by atoms with van der Waals surface area (Å²) in [6.45, 7) is 6.65. The zero-order valence-corrected chi connectivity index (χ0v) is 16.4. The Kier molecular flexibility index (Phi) is 6.73. The number of nitrogens with zero attached hydrogens (tertiary/aromatic N) is 2. The molecule has 0 saturated carbocycles. The topological polar surface area (TPSA) is 76.1 Å². The minimum absolute atomic E-state index is 0.0581. The molecule has 3 rings (SSSR count). The summed E-state index contributed by atoms with van der Waals surface area (Å²) in [5.74, 6) is 0.776. The fourth-order valence-electron chi connectivity index (χ4n) is 2.70. The number of amides is 1. The van der Waals surface area contributed by atoms with Crippen LogP contribution in [0.2, 0.25) is 0 Å². The summed E-state index contributed by atoms with van der Waals surface area (Å²) in [5.41, 5.74) is 1.75. The molecule has 6 nitrogen and oxygen atoms in total. The number of thiophene rings is 1. The van der Waals surface area contributed by atoms with Gasteiger partial charge >= 0.3 is 0 Å². The molecule has 2 aromatic heterocycles. The lowest BCUT2D eigenvalue weighted by Gasteiger charge is -2.08. The summed E-state index contributed by atoms with van der Waals surface area (Å²) >= 11 is 1.66. The summed E-state index contributed by atoms with van der Waals surface area (Å²) in [6.07, 6.45) is 2.40. The number of aryl methyl sites for hydroxylation is 1. The second-order valence-electron chi connectivity index (χ2n) is 6.16. The Morgan fingerprint density at radius 3 is 2.81 bits per heavy atom. The fourth-order valence-corrected chi connectivity index (χ4v) is 3.55. The van der Waals surface area contributed by atoms with Crippen molar-refractivity contribution in [1.82, 2.24) is 15.3 Å². The average Bonchev–Trinajstić information content (AvgIpc) is 3.07. The number of rotatable bonds is 9. The van der Waals surface area contributed by atoms with Crippen LogP contribution in [0.15, 0.2) is 36.7 Å². The van der Waals surface area contributed by atoms with Crippen molar-refractivity contribution in [2.24, 2.45) is 0 Å². The highest BCUT2D eigenvalue weighted by Crippen LogP contribution is 2.27. The Labute approximate surface area is 163 Å². The first kappa shape index (κ1) is 19.3. The molecule has 0 aliphatic carbocycles. The van der Waals surface area contributed by atoms with Crippen molar-refractivity contribution in [3.63, 3.8) is 0 Å². The van der Waals surface area contributed by atoms with Gasteiger partial charge in [-0.05, 0) is 44.0 Å². The number of ether oxygens (including phenoxy) is 1. The van der Waals surface area contributed by atoms with E-state index in [1.807, 2.05) is 31.2 Å². The Morgan fingerprint density at radius 1 is 1.22 bits per heavy atom. The van der Waals surface area contributed by atoms with E-state index in [9.17, 15) is 4.79 Å². The summed E-state index contributed by atoms with van der Waals surface area (Å²) in [7, 11) is 0. The maximum atomic E-state index is 12.1. The molecule has 0 radical (unpaired) electrons. The number of hydrogen-bond acceptors (Lipinski definition) is 6. The van der Waals surface area contributed by atoms with E-state index in [1.165, 1.54) is 4.88 Å². The number of benzene rings is 1. The zero-order chi connectivity index (χ0) is 19.1. The molecule has 1 amide bonds. The highest BCUT2D eigenvalue weighted by molar-refractivity contribution is 7.18. The Bertz CT molecular complexity index is 893. The van der Waals surface area contributed by atoms with E-state index in [2.05, 4.69) is 33.6 Å². The second kappa shape index (κ2) is 9.43. The highest BCUT2D eigenvalue weighted by atomic mass is 32.1. The lowest BCUT2D eigenvalue weighted by atomic mass is 10.1. The number of aromatic nitrogens is 2. The van der Waals surface area contributed by atoms with Gasteiger partial charge in [-0.15, -0.1) is 11.3 Å². The smallest absolute Gasteiger partial charge is 0.251 e. The third-order valence-electron chi connectivity index (χ3n) is 4.08. The molecule has 0 aliphatic heterocycles. The van der Waals surface area contributed by atoms with Gasteiger partial charge in [0.05, 0.1) is 5.39 Å². The molecule has 0 saturated heterocycles. The van der Waals surface area contributed by atoms with Gasteiger partial charge in [0.2, 0.25) is 0 Å². The fraction of sp³-hybridized carbons (Fsp3) is 0.350. The second-order valence-corrected chi connectivity index (χ2v) is 7.39. The molecule has 0 unspecified atom stereocenters. The SMILES string of the molecule is CCOCCCNC(=O)c1ccc(CNc2ncnc3sc(C)cc23)cc1. The van der Waals surface area contributed by atoms with Gasteiger partial charge in [-0.1, -0.05) is 12.1 Å². The molecule has 3 aromatic rings. The zero-order valence-electron chi connectivity index (χ0n) is 15.6. The number of hydrogen-bond donors (Lipinski definition) is 2. The largest absolute Gasteiger partial charge is 0.382 e. The minimum atomic E-state index is -0.0581. The van der Waals surface area contributed by atoms with Crippen molar-refractivity contribution >= 4 is 33.3 Å². The van der Waals surface area contributed by atoms with Crippen LogP contribution in [0.4, 0.5) is 5.82 Å². The molecular formula is C20H24N4O2S. The van der Waals surface area contributed by atoms with Gasteiger partial charge < -0.3 is 15.4 Å². The van der Waals surface area contributed by atoms with Gasteiger partial charge in [0.1, 0.15) is 17.0 Å². The summed E-state index contributed by atoms with van der Waals surface area (Å²) in [5, 5.41) is 7.31. The van der Waals surface area contributed by atoms with E-state index in [4.69, 9.17) is 4.74 Å². The molecule has 0 atom stereocenters. The first-order valence-corrected chi connectivity index (χ1v) is 9.89. The van der Waals surface area contributed by atoms with Gasteiger partial charge in [0, 0.05) is 36.7 Å². The molecule has 0 aliphatic rings. The van der Waals surface area contributed by atoms with Crippen LogP contribution < -0.4 is 10.6 Å². The van der Waals surface area contributed by atoms with Gasteiger partial charge in [0.15, 0.2) is 0 Å². The van der Waals surface area contributed by atoms with Crippen LogP contribution in [-0.4, -0.2) is 35.6 Å². The number of carbonyl (C=O) groups excluding carboxylic acids is 1. The van der Waals surface area contributed by atoms with Crippen LogP contribution in [-0.2, 0) is 11.3 Å². The van der Waals surface area contributed by atoms with Crippen molar-refractivity contribution in [2.45, 2.75) is 26.8 Å². The van der Waals surface area contributed by atoms with Crippen LogP contribution >= 0.6 is 11.3 Å².